The Morgan fingerprint density at radius 3 is 1.97 bits per heavy atom. The normalized spacial score (nSPS) is 13.0. The lowest BCUT2D eigenvalue weighted by Gasteiger charge is -2.23. The van der Waals surface area contributed by atoms with Crippen molar-refractivity contribution in [1.29, 1.82) is 0 Å². The van der Waals surface area contributed by atoms with Gasteiger partial charge in [0.15, 0.2) is 0 Å². The lowest BCUT2D eigenvalue weighted by atomic mass is 9.92. The average Bonchev–Trinajstić information content (AvgIpc) is 2.73. The van der Waals surface area contributed by atoms with Crippen LogP contribution >= 0.6 is 0 Å². The summed E-state index contributed by atoms with van der Waals surface area (Å²) in [5.74, 6) is 0.732. The average molecular weight is 410 g/mol. The Morgan fingerprint density at radius 1 is 0.900 bits per heavy atom. The zero-order chi connectivity index (χ0) is 22.3. The first-order valence-electron chi connectivity index (χ1n) is 10.7. The van der Waals surface area contributed by atoms with Gasteiger partial charge in [-0.3, -0.25) is 9.59 Å². The number of nitrogens with zero attached hydrogens (tertiary/aromatic N) is 1. The minimum absolute atomic E-state index is 0.0614. The van der Waals surface area contributed by atoms with Crippen molar-refractivity contribution in [3.8, 4) is 0 Å². The van der Waals surface area contributed by atoms with Gasteiger partial charge in [0, 0.05) is 31.4 Å². The van der Waals surface area contributed by atoms with E-state index in [1.807, 2.05) is 0 Å². The molecule has 0 aromatic heterocycles. The highest BCUT2D eigenvalue weighted by Crippen LogP contribution is 2.25. The maximum absolute atomic E-state index is 12.4. The van der Waals surface area contributed by atoms with Gasteiger partial charge in [0.2, 0.25) is 5.91 Å². The fraction of sp³-hybridized carbons (Fsp3) is 0.440. The Hall–Kier alpha value is -2.66. The quantitative estimate of drug-likeness (QED) is 0.624. The van der Waals surface area contributed by atoms with Gasteiger partial charge in [-0.2, -0.15) is 0 Å². The molecule has 0 heterocycles. The van der Waals surface area contributed by atoms with Gasteiger partial charge in [-0.1, -0.05) is 52.0 Å². The summed E-state index contributed by atoms with van der Waals surface area (Å²) in [4.78, 5) is 25.9. The zero-order valence-electron chi connectivity index (χ0n) is 19.0. The maximum atomic E-state index is 12.4. The Bertz CT molecular complexity index is 826. The molecule has 0 saturated carbocycles. The molecule has 5 heteroatoms. The molecule has 0 bridgehead atoms. The van der Waals surface area contributed by atoms with E-state index in [0.717, 1.165) is 6.42 Å². The van der Waals surface area contributed by atoms with Gasteiger partial charge in [0.05, 0.1) is 6.54 Å². The third-order valence-corrected chi connectivity index (χ3v) is 5.45. The van der Waals surface area contributed by atoms with E-state index in [-0.39, 0.29) is 24.4 Å². The lowest BCUT2D eigenvalue weighted by Crippen LogP contribution is -2.33. The molecule has 0 spiro atoms. The smallest absolute Gasteiger partial charge is 0.253 e. The molecule has 0 radical (unpaired) electrons. The maximum Gasteiger partial charge on any atom is 0.253 e. The van der Waals surface area contributed by atoms with Crippen molar-refractivity contribution in [2.45, 2.75) is 46.1 Å². The fourth-order valence-electron chi connectivity index (χ4n) is 3.37. The molecule has 0 aliphatic carbocycles. The van der Waals surface area contributed by atoms with Crippen LogP contribution in [0.2, 0.25) is 0 Å². The van der Waals surface area contributed by atoms with E-state index in [9.17, 15) is 9.59 Å². The Kier molecular flexibility index (Phi) is 8.60. The van der Waals surface area contributed by atoms with Crippen molar-refractivity contribution in [2.24, 2.45) is 5.92 Å². The minimum atomic E-state index is -0.108. The number of benzene rings is 2. The van der Waals surface area contributed by atoms with Crippen LogP contribution in [0, 0.1) is 5.92 Å². The standard InChI is InChI=1S/C25H35N3O2/c1-7-18(4)19-8-10-20(11-9-19)24(17(2)3)26-16-23(29)27-22-14-12-21(13-15-22)25(30)28(5)6/h8-15,17-18,24,26H,7,16H2,1-6H3,(H,27,29)/t18-,24+/m0/s1. The molecule has 2 rings (SSSR count). The van der Waals surface area contributed by atoms with Gasteiger partial charge < -0.3 is 15.5 Å². The van der Waals surface area contributed by atoms with E-state index < -0.39 is 0 Å². The summed E-state index contributed by atoms with van der Waals surface area (Å²) in [6, 6.07) is 15.8. The van der Waals surface area contributed by atoms with E-state index in [0.29, 0.717) is 23.1 Å². The summed E-state index contributed by atoms with van der Waals surface area (Å²) in [7, 11) is 3.43. The van der Waals surface area contributed by atoms with Crippen LogP contribution < -0.4 is 10.6 Å². The molecule has 0 aliphatic heterocycles. The molecule has 2 atom stereocenters. The molecular formula is C25H35N3O2. The van der Waals surface area contributed by atoms with Gasteiger partial charge >= 0.3 is 0 Å². The second-order valence-corrected chi connectivity index (χ2v) is 8.40. The Labute approximate surface area is 180 Å². The molecule has 2 aromatic carbocycles. The van der Waals surface area contributed by atoms with Crippen molar-refractivity contribution in [1.82, 2.24) is 10.2 Å². The Balaban J connectivity index is 1.96. The second-order valence-electron chi connectivity index (χ2n) is 8.40. The van der Waals surface area contributed by atoms with Crippen LogP contribution in [0.25, 0.3) is 0 Å². The number of carbonyl (C=O) groups excluding carboxylic acids is 2. The van der Waals surface area contributed by atoms with Crippen molar-refractivity contribution in [2.75, 3.05) is 26.0 Å². The van der Waals surface area contributed by atoms with Gasteiger partial charge in [-0.15, -0.1) is 0 Å². The third-order valence-electron chi connectivity index (χ3n) is 5.45. The molecular weight excluding hydrogens is 374 g/mol. The number of rotatable bonds is 9. The summed E-state index contributed by atoms with van der Waals surface area (Å²) >= 11 is 0. The van der Waals surface area contributed by atoms with Crippen LogP contribution in [0.1, 0.15) is 67.6 Å². The summed E-state index contributed by atoms with van der Waals surface area (Å²) in [6.45, 7) is 8.95. The summed E-state index contributed by atoms with van der Waals surface area (Å²) in [5, 5.41) is 6.28. The third kappa shape index (κ3) is 6.42. The molecule has 2 N–H and O–H groups in total. The van der Waals surface area contributed by atoms with Crippen molar-refractivity contribution in [3.05, 3.63) is 65.2 Å². The zero-order valence-corrected chi connectivity index (χ0v) is 19.0. The topological polar surface area (TPSA) is 61.4 Å². The second kappa shape index (κ2) is 10.9. The predicted molar refractivity (Wildman–Crippen MR) is 124 cm³/mol. The highest BCUT2D eigenvalue weighted by atomic mass is 16.2. The van der Waals surface area contributed by atoms with E-state index in [1.54, 1.807) is 38.4 Å². The van der Waals surface area contributed by atoms with Crippen LogP contribution in [0.4, 0.5) is 5.69 Å². The Morgan fingerprint density at radius 2 is 1.47 bits per heavy atom. The summed E-state index contributed by atoms with van der Waals surface area (Å²) in [5.41, 5.74) is 3.81. The summed E-state index contributed by atoms with van der Waals surface area (Å²) < 4.78 is 0. The number of nitrogens with one attached hydrogen (secondary N) is 2. The number of anilines is 1. The molecule has 0 unspecified atom stereocenters. The van der Waals surface area contributed by atoms with E-state index in [2.05, 4.69) is 62.6 Å². The van der Waals surface area contributed by atoms with E-state index in [1.165, 1.54) is 16.0 Å². The first kappa shape index (κ1) is 23.6. The minimum Gasteiger partial charge on any atom is -0.345 e. The van der Waals surface area contributed by atoms with Crippen LogP contribution in [0.15, 0.2) is 48.5 Å². The van der Waals surface area contributed by atoms with Crippen molar-refractivity contribution >= 4 is 17.5 Å². The highest BCUT2D eigenvalue weighted by molar-refractivity contribution is 5.96. The molecule has 162 valence electrons. The number of carbonyl (C=O) groups is 2. The fourth-order valence-corrected chi connectivity index (χ4v) is 3.37. The largest absolute Gasteiger partial charge is 0.345 e. The number of amides is 2. The SMILES string of the molecule is CC[C@H](C)c1ccc([C@H](NCC(=O)Nc2ccc(C(=O)N(C)C)cc2)C(C)C)cc1. The molecule has 30 heavy (non-hydrogen) atoms. The predicted octanol–water partition coefficient (Wildman–Crippen LogP) is 4.83. The van der Waals surface area contributed by atoms with E-state index in [4.69, 9.17) is 0 Å². The molecule has 2 amide bonds. The molecule has 5 nitrogen and oxygen atoms in total. The molecule has 0 saturated heterocycles. The highest BCUT2D eigenvalue weighted by Gasteiger charge is 2.17. The van der Waals surface area contributed by atoms with Crippen molar-refractivity contribution in [3.63, 3.8) is 0 Å². The monoisotopic (exact) mass is 409 g/mol. The van der Waals surface area contributed by atoms with Gasteiger partial charge in [-0.25, -0.2) is 0 Å². The first-order valence-corrected chi connectivity index (χ1v) is 10.7. The number of hydrogen-bond donors (Lipinski definition) is 2. The van der Waals surface area contributed by atoms with Crippen LogP contribution in [-0.2, 0) is 4.79 Å². The van der Waals surface area contributed by atoms with Crippen LogP contribution in [0.5, 0.6) is 0 Å². The van der Waals surface area contributed by atoms with Crippen molar-refractivity contribution < 1.29 is 9.59 Å². The van der Waals surface area contributed by atoms with Gasteiger partial charge in [-0.05, 0) is 53.6 Å². The van der Waals surface area contributed by atoms with Gasteiger partial charge in [0.1, 0.15) is 0 Å². The lowest BCUT2D eigenvalue weighted by molar-refractivity contribution is -0.115. The van der Waals surface area contributed by atoms with Crippen LogP contribution in [0.3, 0.4) is 0 Å². The molecule has 0 aliphatic rings. The van der Waals surface area contributed by atoms with Gasteiger partial charge in [0.25, 0.3) is 5.91 Å². The first-order chi connectivity index (χ1) is 14.2. The summed E-state index contributed by atoms with van der Waals surface area (Å²) in [6.07, 6.45) is 1.12. The number of hydrogen-bond acceptors (Lipinski definition) is 3. The van der Waals surface area contributed by atoms with Crippen LogP contribution in [-0.4, -0.2) is 37.4 Å². The molecule has 0 fully saturated rings. The van der Waals surface area contributed by atoms with E-state index >= 15 is 0 Å². The molecule has 2 aromatic rings.